The van der Waals surface area contributed by atoms with Gasteiger partial charge in [0.25, 0.3) is 0 Å². The van der Waals surface area contributed by atoms with E-state index in [1.807, 2.05) is 25.3 Å². The summed E-state index contributed by atoms with van der Waals surface area (Å²) in [4.78, 5) is 11.7. The zero-order valence-electron chi connectivity index (χ0n) is 14.5. The number of rotatable bonds is 4. The molecule has 0 saturated carbocycles. The third-order valence-electron chi connectivity index (χ3n) is 5.30. The van der Waals surface area contributed by atoms with Crippen molar-refractivity contribution in [1.29, 1.82) is 0 Å². The number of nitrogens with zero attached hydrogens (tertiary/aromatic N) is 3. The number of hydrogen-bond donors (Lipinski definition) is 0. The first-order valence-electron chi connectivity index (χ1n) is 8.48. The second-order valence-electron chi connectivity index (χ2n) is 6.62. The van der Waals surface area contributed by atoms with Gasteiger partial charge < -0.3 is 9.47 Å². The highest BCUT2D eigenvalue weighted by molar-refractivity contribution is 5.41. The lowest BCUT2D eigenvalue weighted by molar-refractivity contribution is 0.164. The lowest BCUT2D eigenvalue weighted by Gasteiger charge is -2.35. The highest BCUT2D eigenvalue weighted by Crippen LogP contribution is 2.44. The minimum absolute atomic E-state index is 0.422. The second kappa shape index (κ2) is 6.06. The van der Waals surface area contributed by atoms with Crippen LogP contribution >= 0.6 is 0 Å². The van der Waals surface area contributed by atoms with E-state index in [0.717, 1.165) is 30.3 Å². The van der Waals surface area contributed by atoms with Crippen LogP contribution < -0.4 is 9.47 Å². The van der Waals surface area contributed by atoms with Crippen molar-refractivity contribution in [2.24, 2.45) is 0 Å². The summed E-state index contributed by atoms with van der Waals surface area (Å²) < 4.78 is 10.9. The summed E-state index contributed by atoms with van der Waals surface area (Å²) in [5, 5.41) is 0. The van der Waals surface area contributed by atoms with Crippen LogP contribution in [0.5, 0.6) is 11.5 Å². The SMILES string of the molecule is COc1ccc(CN2[C@@H]3CC[C@@H]2c2cnc(C)nc2C3)c(OC)c1. The molecule has 1 fully saturated rings. The van der Waals surface area contributed by atoms with Gasteiger partial charge in [-0.2, -0.15) is 0 Å². The predicted octanol–water partition coefficient (Wildman–Crippen LogP) is 3.06. The van der Waals surface area contributed by atoms with Gasteiger partial charge in [0.2, 0.25) is 0 Å². The van der Waals surface area contributed by atoms with Gasteiger partial charge >= 0.3 is 0 Å². The fourth-order valence-corrected chi connectivity index (χ4v) is 4.10. The van der Waals surface area contributed by atoms with Crippen molar-refractivity contribution in [1.82, 2.24) is 14.9 Å². The lowest BCUT2D eigenvalue weighted by Crippen LogP contribution is -2.37. The molecule has 0 N–H and O–H groups in total. The smallest absolute Gasteiger partial charge is 0.127 e. The van der Waals surface area contributed by atoms with Crippen molar-refractivity contribution in [3.05, 3.63) is 47.0 Å². The summed E-state index contributed by atoms with van der Waals surface area (Å²) in [6, 6.07) is 7.05. The van der Waals surface area contributed by atoms with E-state index in [1.165, 1.54) is 29.7 Å². The van der Waals surface area contributed by atoms with E-state index in [9.17, 15) is 0 Å². The Morgan fingerprint density at radius 1 is 1.21 bits per heavy atom. The van der Waals surface area contributed by atoms with Gasteiger partial charge in [0.1, 0.15) is 17.3 Å². The summed E-state index contributed by atoms with van der Waals surface area (Å²) >= 11 is 0. The second-order valence-corrected chi connectivity index (χ2v) is 6.62. The van der Waals surface area contributed by atoms with Crippen LogP contribution in [0.25, 0.3) is 0 Å². The van der Waals surface area contributed by atoms with E-state index in [-0.39, 0.29) is 0 Å². The molecule has 0 spiro atoms. The number of fused-ring (bicyclic) bond motifs is 4. The number of ether oxygens (including phenoxy) is 2. The Balaban J connectivity index is 1.63. The molecule has 126 valence electrons. The molecule has 2 aliphatic rings. The van der Waals surface area contributed by atoms with Crippen molar-refractivity contribution in [2.45, 2.75) is 44.8 Å². The van der Waals surface area contributed by atoms with Crippen LogP contribution in [0.15, 0.2) is 24.4 Å². The van der Waals surface area contributed by atoms with Gasteiger partial charge in [-0.15, -0.1) is 0 Å². The molecule has 1 aromatic carbocycles. The average Bonchev–Trinajstić information content (AvgIpc) is 2.87. The summed E-state index contributed by atoms with van der Waals surface area (Å²) in [6.45, 7) is 2.85. The molecule has 0 unspecified atom stereocenters. The first kappa shape index (κ1) is 15.4. The quantitative estimate of drug-likeness (QED) is 0.864. The zero-order valence-corrected chi connectivity index (χ0v) is 14.5. The van der Waals surface area contributed by atoms with Crippen molar-refractivity contribution < 1.29 is 9.47 Å². The molecular formula is C19H23N3O2. The first-order valence-corrected chi connectivity index (χ1v) is 8.48. The van der Waals surface area contributed by atoms with Crippen LogP contribution in [0.1, 0.15) is 41.5 Å². The summed E-state index contributed by atoms with van der Waals surface area (Å²) in [6.07, 6.45) is 5.46. The summed E-state index contributed by atoms with van der Waals surface area (Å²) in [5.74, 6) is 2.59. The van der Waals surface area contributed by atoms with Crippen LogP contribution in [0.4, 0.5) is 0 Å². The van der Waals surface area contributed by atoms with E-state index in [0.29, 0.717) is 12.1 Å². The number of hydrogen-bond acceptors (Lipinski definition) is 5. The van der Waals surface area contributed by atoms with Gasteiger partial charge in [0.15, 0.2) is 0 Å². The third kappa shape index (κ3) is 2.53. The fourth-order valence-electron chi connectivity index (χ4n) is 4.10. The van der Waals surface area contributed by atoms with Crippen LogP contribution in [0.3, 0.4) is 0 Å². The maximum absolute atomic E-state index is 5.57. The molecule has 2 aliphatic heterocycles. The Morgan fingerprint density at radius 2 is 2.08 bits per heavy atom. The molecule has 24 heavy (non-hydrogen) atoms. The van der Waals surface area contributed by atoms with Gasteiger partial charge in [-0.1, -0.05) is 6.07 Å². The monoisotopic (exact) mass is 325 g/mol. The molecule has 3 heterocycles. The van der Waals surface area contributed by atoms with E-state index < -0.39 is 0 Å². The molecule has 0 amide bonds. The molecule has 1 aromatic heterocycles. The van der Waals surface area contributed by atoms with Crippen molar-refractivity contribution in [3.63, 3.8) is 0 Å². The molecule has 4 rings (SSSR count). The normalized spacial score (nSPS) is 22.3. The van der Waals surface area contributed by atoms with Gasteiger partial charge in [0.05, 0.1) is 19.9 Å². The lowest BCUT2D eigenvalue weighted by atomic mass is 9.98. The Kier molecular flexibility index (Phi) is 3.88. The molecule has 5 nitrogen and oxygen atoms in total. The van der Waals surface area contributed by atoms with Gasteiger partial charge in [-0.05, 0) is 25.8 Å². The molecule has 0 aliphatic carbocycles. The largest absolute Gasteiger partial charge is 0.497 e. The molecule has 2 atom stereocenters. The molecule has 2 bridgehead atoms. The Morgan fingerprint density at radius 3 is 2.88 bits per heavy atom. The van der Waals surface area contributed by atoms with Gasteiger partial charge in [-0.25, -0.2) is 9.97 Å². The van der Waals surface area contributed by atoms with Crippen LogP contribution in [0.2, 0.25) is 0 Å². The van der Waals surface area contributed by atoms with Crippen LogP contribution in [-0.2, 0) is 13.0 Å². The highest BCUT2D eigenvalue weighted by Gasteiger charge is 2.40. The molecule has 5 heteroatoms. The summed E-state index contributed by atoms with van der Waals surface area (Å²) in [5.41, 5.74) is 3.75. The molecule has 1 saturated heterocycles. The number of aromatic nitrogens is 2. The van der Waals surface area contributed by atoms with E-state index in [1.54, 1.807) is 14.2 Å². The fraction of sp³-hybridized carbons (Fsp3) is 0.474. The van der Waals surface area contributed by atoms with Crippen LogP contribution in [-0.4, -0.2) is 35.1 Å². The average molecular weight is 325 g/mol. The van der Waals surface area contributed by atoms with E-state index in [2.05, 4.69) is 20.9 Å². The Bertz CT molecular complexity index is 762. The highest BCUT2D eigenvalue weighted by atomic mass is 16.5. The van der Waals surface area contributed by atoms with Gasteiger partial charge in [0, 0.05) is 48.4 Å². The maximum atomic E-state index is 5.57. The standard InChI is InChI=1S/C19H23N3O2/c1-12-20-10-16-17(21-12)8-14-5-7-18(16)22(14)11-13-4-6-15(23-2)9-19(13)24-3/h4,6,9-10,14,18H,5,7-8,11H2,1-3H3/t14-,18-/m1/s1. The van der Waals surface area contributed by atoms with E-state index >= 15 is 0 Å². The summed E-state index contributed by atoms with van der Waals surface area (Å²) in [7, 11) is 3.40. The van der Waals surface area contributed by atoms with Crippen LogP contribution in [0, 0.1) is 6.92 Å². The van der Waals surface area contributed by atoms with Crippen molar-refractivity contribution >= 4 is 0 Å². The molecular weight excluding hydrogens is 302 g/mol. The first-order chi connectivity index (χ1) is 11.7. The topological polar surface area (TPSA) is 47.5 Å². The maximum Gasteiger partial charge on any atom is 0.127 e. The van der Waals surface area contributed by atoms with Gasteiger partial charge in [-0.3, -0.25) is 4.90 Å². The Labute approximate surface area is 142 Å². The Hall–Kier alpha value is -2.14. The van der Waals surface area contributed by atoms with Crippen molar-refractivity contribution in [2.75, 3.05) is 14.2 Å². The number of methoxy groups -OCH3 is 2. The number of aryl methyl sites for hydroxylation is 1. The third-order valence-corrected chi connectivity index (χ3v) is 5.30. The van der Waals surface area contributed by atoms with Crippen molar-refractivity contribution in [3.8, 4) is 11.5 Å². The number of benzene rings is 1. The predicted molar refractivity (Wildman–Crippen MR) is 91.3 cm³/mol. The minimum atomic E-state index is 0.422. The molecule has 2 aromatic rings. The zero-order chi connectivity index (χ0) is 16.7. The van der Waals surface area contributed by atoms with E-state index in [4.69, 9.17) is 9.47 Å². The minimum Gasteiger partial charge on any atom is -0.497 e. The molecule has 0 radical (unpaired) electrons.